The number of aromatic nitrogens is 2. The summed E-state index contributed by atoms with van der Waals surface area (Å²) in [7, 11) is 0. The van der Waals surface area contributed by atoms with Crippen molar-refractivity contribution < 1.29 is 18.8 Å². The summed E-state index contributed by atoms with van der Waals surface area (Å²) in [5, 5.41) is 6.70. The van der Waals surface area contributed by atoms with Crippen LogP contribution in [0.5, 0.6) is 0 Å². The highest BCUT2D eigenvalue weighted by Crippen LogP contribution is 2.34. The minimum atomic E-state index is -0.644. The molecule has 2 aliphatic rings. The van der Waals surface area contributed by atoms with Crippen molar-refractivity contribution in [1.29, 1.82) is 0 Å². The van der Waals surface area contributed by atoms with Crippen LogP contribution in [0.15, 0.2) is 46.6 Å². The number of likely N-dealkylation sites (tertiary alicyclic amines) is 1. The van der Waals surface area contributed by atoms with Gasteiger partial charge in [0.25, 0.3) is 11.8 Å². The summed E-state index contributed by atoms with van der Waals surface area (Å²) in [6.07, 6.45) is 6.96. The summed E-state index contributed by atoms with van der Waals surface area (Å²) in [6.45, 7) is 1.17. The second-order valence-electron chi connectivity index (χ2n) is 6.32. The van der Waals surface area contributed by atoms with Crippen LogP contribution in [-0.4, -0.2) is 51.1 Å². The van der Waals surface area contributed by atoms with Crippen LogP contribution in [-0.2, 0) is 16.2 Å². The van der Waals surface area contributed by atoms with Gasteiger partial charge >= 0.3 is 0 Å². The molecule has 0 bridgehead atoms. The fourth-order valence-corrected chi connectivity index (χ4v) is 3.13. The zero-order valence-corrected chi connectivity index (χ0v) is 13.9. The smallest absolute Gasteiger partial charge is 0.274 e. The van der Waals surface area contributed by atoms with E-state index < -0.39 is 5.60 Å². The molecule has 2 amide bonds. The van der Waals surface area contributed by atoms with Gasteiger partial charge in [0.1, 0.15) is 17.2 Å². The summed E-state index contributed by atoms with van der Waals surface area (Å²) >= 11 is 0. The fourth-order valence-electron chi connectivity index (χ4n) is 3.13. The summed E-state index contributed by atoms with van der Waals surface area (Å²) in [5.74, 6) is 0.167. The Labute approximate surface area is 149 Å². The maximum Gasteiger partial charge on any atom is 0.274 e. The van der Waals surface area contributed by atoms with E-state index >= 15 is 0 Å². The number of nitrogens with zero attached hydrogens (tertiary/aromatic N) is 4. The highest BCUT2D eigenvalue weighted by Gasteiger charge is 2.48. The van der Waals surface area contributed by atoms with Crippen LogP contribution in [0, 0.1) is 0 Å². The van der Waals surface area contributed by atoms with Gasteiger partial charge in [0.15, 0.2) is 5.60 Å². The molecular weight excluding hydrogens is 338 g/mol. The quantitative estimate of drug-likeness (QED) is 0.866. The molecule has 1 N–H and O–H groups in total. The third kappa shape index (κ3) is 3.15. The molecular formula is C17H17N5O4. The molecule has 2 aromatic rings. The van der Waals surface area contributed by atoms with Crippen molar-refractivity contribution in [2.24, 2.45) is 5.16 Å². The summed E-state index contributed by atoms with van der Waals surface area (Å²) < 4.78 is 5.18. The molecule has 4 rings (SSSR count). The molecule has 1 fully saturated rings. The second kappa shape index (κ2) is 6.58. The van der Waals surface area contributed by atoms with E-state index in [2.05, 4.69) is 20.4 Å². The molecule has 9 heteroatoms. The number of amides is 2. The minimum absolute atomic E-state index is 0.200. The maximum absolute atomic E-state index is 12.5. The molecule has 1 atom stereocenters. The molecule has 2 aromatic heterocycles. The molecule has 0 aliphatic carbocycles. The molecule has 4 heterocycles. The predicted molar refractivity (Wildman–Crippen MR) is 89.0 cm³/mol. The van der Waals surface area contributed by atoms with Crippen molar-refractivity contribution in [2.45, 2.75) is 25.0 Å². The molecule has 1 saturated heterocycles. The lowest BCUT2D eigenvalue weighted by molar-refractivity contribution is -0.115. The molecule has 9 nitrogen and oxygen atoms in total. The Bertz CT molecular complexity index is 836. The largest absolute Gasteiger partial charge is 0.467 e. The zero-order valence-electron chi connectivity index (χ0n) is 13.9. The topological polar surface area (TPSA) is 110 Å². The molecule has 134 valence electrons. The van der Waals surface area contributed by atoms with E-state index in [0.717, 1.165) is 0 Å². The van der Waals surface area contributed by atoms with Gasteiger partial charge in [-0.2, -0.15) is 0 Å². The number of hydrogen-bond donors (Lipinski definition) is 1. The normalized spacial score (nSPS) is 21.5. The van der Waals surface area contributed by atoms with E-state index in [1.54, 1.807) is 23.3 Å². The van der Waals surface area contributed by atoms with Crippen LogP contribution in [0.1, 0.15) is 29.1 Å². The second-order valence-corrected chi connectivity index (χ2v) is 6.32. The standard InChI is InChI=1S/C17H17N5O4/c23-15(20-9-12-2-1-7-25-12)13-8-17(26-21-13)3-6-22(11-17)16(24)14-10-18-4-5-19-14/h1-2,4-5,7,10H,3,6,8-9,11H2,(H,20,23)/t17-/m1/s1. The average Bonchev–Trinajstić information content (AvgIpc) is 3.42. The van der Waals surface area contributed by atoms with Gasteiger partial charge in [0, 0.05) is 31.8 Å². The van der Waals surface area contributed by atoms with Crippen LogP contribution in [0.3, 0.4) is 0 Å². The van der Waals surface area contributed by atoms with Gasteiger partial charge < -0.3 is 19.5 Å². The van der Waals surface area contributed by atoms with Crippen LogP contribution in [0.25, 0.3) is 0 Å². The van der Waals surface area contributed by atoms with Gasteiger partial charge in [-0.25, -0.2) is 4.98 Å². The number of furan rings is 1. The first-order chi connectivity index (χ1) is 12.7. The molecule has 26 heavy (non-hydrogen) atoms. The van der Waals surface area contributed by atoms with Crippen molar-refractivity contribution >= 4 is 17.5 Å². The van der Waals surface area contributed by atoms with Crippen LogP contribution < -0.4 is 5.32 Å². The SMILES string of the molecule is O=C(NCc1ccco1)C1=NO[C@]2(CCN(C(=O)c3cnccn3)C2)C1. The van der Waals surface area contributed by atoms with Gasteiger partial charge in [-0.3, -0.25) is 14.6 Å². The van der Waals surface area contributed by atoms with Crippen molar-refractivity contribution in [1.82, 2.24) is 20.2 Å². The highest BCUT2D eigenvalue weighted by atomic mass is 16.7. The van der Waals surface area contributed by atoms with Crippen molar-refractivity contribution in [3.63, 3.8) is 0 Å². The van der Waals surface area contributed by atoms with Gasteiger partial charge in [-0.15, -0.1) is 0 Å². The average molecular weight is 355 g/mol. The minimum Gasteiger partial charge on any atom is -0.467 e. The Morgan fingerprint density at radius 1 is 1.35 bits per heavy atom. The Kier molecular flexibility index (Phi) is 4.11. The van der Waals surface area contributed by atoms with E-state index in [-0.39, 0.29) is 18.4 Å². The maximum atomic E-state index is 12.5. The van der Waals surface area contributed by atoms with Crippen LogP contribution in [0.2, 0.25) is 0 Å². The van der Waals surface area contributed by atoms with E-state index in [9.17, 15) is 9.59 Å². The fraction of sp³-hybridized carbons (Fsp3) is 0.353. The lowest BCUT2D eigenvalue weighted by Crippen LogP contribution is -2.38. The van der Waals surface area contributed by atoms with Crippen LogP contribution in [0.4, 0.5) is 0 Å². The highest BCUT2D eigenvalue weighted by molar-refractivity contribution is 6.39. The molecule has 1 spiro atoms. The summed E-state index contributed by atoms with van der Waals surface area (Å²) in [5.41, 5.74) is -0.0277. The number of nitrogens with one attached hydrogen (secondary N) is 1. The van der Waals surface area contributed by atoms with Crippen molar-refractivity contribution in [3.05, 3.63) is 48.4 Å². The Balaban J connectivity index is 1.34. The molecule has 0 saturated carbocycles. The lowest BCUT2D eigenvalue weighted by atomic mass is 9.96. The lowest BCUT2D eigenvalue weighted by Gasteiger charge is -2.21. The van der Waals surface area contributed by atoms with Gasteiger partial charge in [0.05, 0.1) is 25.5 Å². The molecule has 0 unspecified atom stereocenters. The summed E-state index contributed by atoms with van der Waals surface area (Å²) in [4.78, 5) is 39.9. The van der Waals surface area contributed by atoms with Crippen LogP contribution >= 0.6 is 0 Å². The molecule has 0 radical (unpaired) electrons. The number of carbonyl (C=O) groups excluding carboxylic acids is 2. The Hall–Kier alpha value is -3.23. The first-order valence-corrected chi connectivity index (χ1v) is 8.26. The number of rotatable bonds is 4. The summed E-state index contributed by atoms with van der Waals surface area (Å²) in [6, 6.07) is 3.54. The van der Waals surface area contributed by atoms with Crippen molar-refractivity contribution in [3.8, 4) is 0 Å². The van der Waals surface area contributed by atoms with E-state index in [0.29, 0.717) is 43.1 Å². The van der Waals surface area contributed by atoms with E-state index in [4.69, 9.17) is 9.25 Å². The molecule has 2 aliphatic heterocycles. The van der Waals surface area contributed by atoms with Gasteiger partial charge in [0.2, 0.25) is 0 Å². The monoisotopic (exact) mass is 355 g/mol. The number of oxime groups is 1. The Morgan fingerprint density at radius 2 is 2.27 bits per heavy atom. The number of hydrogen-bond acceptors (Lipinski definition) is 7. The van der Waals surface area contributed by atoms with Crippen molar-refractivity contribution in [2.75, 3.05) is 13.1 Å². The Morgan fingerprint density at radius 3 is 3.04 bits per heavy atom. The molecule has 0 aromatic carbocycles. The van der Waals surface area contributed by atoms with Gasteiger partial charge in [-0.1, -0.05) is 5.16 Å². The van der Waals surface area contributed by atoms with E-state index in [1.165, 1.54) is 18.6 Å². The third-order valence-electron chi connectivity index (χ3n) is 4.49. The first-order valence-electron chi connectivity index (χ1n) is 8.26. The predicted octanol–water partition coefficient (Wildman–Crippen LogP) is 0.747. The third-order valence-corrected chi connectivity index (χ3v) is 4.49. The number of carbonyl (C=O) groups is 2. The van der Waals surface area contributed by atoms with Gasteiger partial charge in [-0.05, 0) is 12.1 Å². The zero-order chi connectivity index (χ0) is 18.0. The first kappa shape index (κ1) is 16.2. The van der Waals surface area contributed by atoms with E-state index in [1.807, 2.05) is 0 Å².